The third-order valence-electron chi connectivity index (χ3n) is 1.69. The van der Waals surface area contributed by atoms with E-state index in [0.717, 1.165) is 0 Å². The van der Waals surface area contributed by atoms with Crippen LogP contribution in [0.4, 0.5) is 0 Å². The number of aromatic nitrogens is 1. The van der Waals surface area contributed by atoms with Gasteiger partial charge in [0.1, 0.15) is 0 Å². The molecule has 1 rings (SSSR count). The molecular formula is C9H17N3O2S. The van der Waals surface area contributed by atoms with Gasteiger partial charge >= 0.3 is 0 Å². The molecule has 0 bridgehead atoms. The number of sulfonamides is 1. The van der Waals surface area contributed by atoms with E-state index in [4.69, 9.17) is 5.73 Å². The monoisotopic (exact) mass is 231 g/mol. The van der Waals surface area contributed by atoms with Crippen LogP contribution in [0.25, 0.3) is 0 Å². The van der Waals surface area contributed by atoms with E-state index in [2.05, 4.69) is 9.71 Å². The smallest absolute Gasteiger partial charge is 0.242 e. The van der Waals surface area contributed by atoms with Crippen molar-refractivity contribution >= 4 is 10.0 Å². The number of rotatable bonds is 3. The molecule has 0 atom stereocenters. The Morgan fingerprint density at radius 3 is 2.47 bits per heavy atom. The third kappa shape index (κ3) is 3.33. The van der Waals surface area contributed by atoms with E-state index in [1.165, 1.54) is 12.3 Å². The number of hydrogen-bond donors (Lipinski definition) is 3. The summed E-state index contributed by atoms with van der Waals surface area (Å²) >= 11 is 0. The average Bonchev–Trinajstić information content (AvgIpc) is 2.47. The van der Waals surface area contributed by atoms with Gasteiger partial charge in [-0.2, -0.15) is 0 Å². The molecule has 0 aromatic carbocycles. The summed E-state index contributed by atoms with van der Waals surface area (Å²) in [5.74, 6) is 0. The summed E-state index contributed by atoms with van der Waals surface area (Å²) in [5.41, 5.74) is 5.60. The first-order chi connectivity index (χ1) is 6.74. The lowest BCUT2D eigenvalue weighted by atomic mass is 10.1. The number of H-pyrrole nitrogens is 1. The van der Waals surface area contributed by atoms with Gasteiger partial charge in [0, 0.05) is 24.0 Å². The van der Waals surface area contributed by atoms with Crippen molar-refractivity contribution in [3.8, 4) is 0 Å². The van der Waals surface area contributed by atoms with Crippen molar-refractivity contribution in [1.82, 2.24) is 9.71 Å². The van der Waals surface area contributed by atoms with Crippen molar-refractivity contribution in [1.29, 1.82) is 0 Å². The van der Waals surface area contributed by atoms with E-state index in [1.54, 1.807) is 20.8 Å². The first-order valence-electron chi connectivity index (χ1n) is 4.66. The molecule has 0 radical (unpaired) electrons. The van der Waals surface area contributed by atoms with E-state index < -0.39 is 15.6 Å². The fourth-order valence-corrected chi connectivity index (χ4v) is 2.59. The van der Waals surface area contributed by atoms with Gasteiger partial charge in [-0.15, -0.1) is 0 Å². The Morgan fingerprint density at radius 2 is 2.07 bits per heavy atom. The summed E-state index contributed by atoms with van der Waals surface area (Å²) in [6, 6.07) is 1.54. The van der Waals surface area contributed by atoms with Crippen LogP contribution in [0.1, 0.15) is 26.5 Å². The third-order valence-corrected chi connectivity index (χ3v) is 3.42. The summed E-state index contributed by atoms with van der Waals surface area (Å²) in [6.07, 6.45) is 1.44. The lowest BCUT2D eigenvalue weighted by Crippen LogP contribution is -2.40. The van der Waals surface area contributed by atoms with Gasteiger partial charge in [-0.05, 0) is 26.8 Å². The van der Waals surface area contributed by atoms with Crippen LogP contribution in [-0.4, -0.2) is 18.9 Å². The normalized spacial score (nSPS) is 13.1. The van der Waals surface area contributed by atoms with Crippen molar-refractivity contribution in [2.24, 2.45) is 5.73 Å². The summed E-state index contributed by atoms with van der Waals surface area (Å²) in [7, 11) is -3.44. The van der Waals surface area contributed by atoms with E-state index in [0.29, 0.717) is 12.2 Å². The highest BCUT2D eigenvalue weighted by Gasteiger charge is 2.22. The number of aromatic amines is 1. The molecule has 15 heavy (non-hydrogen) atoms. The van der Waals surface area contributed by atoms with Crippen molar-refractivity contribution in [2.45, 2.75) is 37.8 Å². The summed E-state index contributed by atoms with van der Waals surface area (Å²) < 4.78 is 26.2. The quantitative estimate of drug-likeness (QED) is 0.710. The zero-order valence-corrected chi connectivity index (χ0v) is 9.98. The zero-order chi connectivity index (χ0) is 11.7. The fraction of sp³-hybridized carbons (Fsp3) is 0.556. The Labute approximate surface area is 90.1 Å². The molecule has 4 N–H and O–H groups in total. The van der Waals surface area contributed by atoms with Gasteiger partial charge in [0.15, 0.2) is 0 Å². The molecule has 0 aliphatic heterocycles. The lowest BCUT2D eigenvalue weighted by molar-refractivity contribution is 0.491. The predicted octanol–water partition coefficient (Wildman–Crippen LogP) is 0.550. The van der Waals surface area contributed by atoms with Gasteiger partial charge in [0.2, 0.25) is 10.0 Å². The molecule has 0 amide bonds. The molecule has 5 nitrogen and oxygen atoms in total. The van der Waals surface area contributed by atoms with Gasteiger partial charge < -0.3 is 10.7 Å². The molecule has 0 aliphatic rings. The summed E-state index contributed by atoms with van der Waals surface area (Å²) in [6.45, 7) is 5.67. The Bertz CT molecular complexity index is 428. The average molecular weight is 231 g/mol. The van der Waals surface area contributed by atoms with Crippen molar-refractivity contribution in [3.05, 3.63) is 18.0 Å². The van der Waals surface area contributed by atoms with Crippen LogP contribution >= 0.6 is 0 Å². The molecule has 6 heteroatoms. The molecule has 0 aliphatic carbocycles. The number of nitrogens with two attached hydrogens (primary N) is 1. The SMILES string of the molecule is CC(C)(C)NS(=O)(=O)c1c[nH]c(CN)c1. The number of hydrogen-bond acceptors (Lipinski definition) is 3. The highest BCUT2D eigenvalue weighted by atomic mass is 32.2. The summed E-state index contributed by atoms with van der Waals surface area (Å²) in [5, 5.41) is 0. The molecule has 0 fully saturated rings. The van der Waals surface area contributed by atoms with E-state index in [1.807, 2.05) is 0 Å². The molecule has 1 aromatic rings. The Balaban J connectivity index is 2.96. The van der Waals surface area contributed by atoms with Crippen molar-refractivity contribution < 1.29 is 8.42 Å². The molecule has 1 aromatic heterocycles. The van der Waals surface area contributed by atoms with Gasteiger partial charge in [0.05, 0.1) is 4.90 Å². The van der Waals surface area contributed by atoms with Crippen LogP contribution in [0.15, 0.2) is 17.2 Å². The standard InChI is InChI=1S/C9H17N3O2S/c1-9(2,3)12-15(13,14)8-4-7(5-10)11-6-8/h4,6,11-12H,5,10H2,1-3H3. The molecular weight excluding hydrogens is 214 g/mol. The van der Waals surface area contributed by atoms with E-state index in [9.17, 15) is 8.42 Å². The second-order valence-electron chi connectivity index (χ2n) is 4.42. The van der Waals surface area contributed by atoms with Crippen LogP contribution in [0.3, 0.4) is 0 Å². The van der Waals surface area contributed by atoms with Crippen LogP contribution in [0.2, 0.25) is 0 Å². The predicted molar refractivity (Wildman–Crippen MR) is 58.8 cm³/mol. The molecule has 0 saturated heterocycles. The van der Waals surface area contributed by atoms with Crippen LogP contribution in [0, 0.1) is 0 Å². The zero-order valence-electron chi connectivity index (χ0n) is 9.16. The second kappa shape index (κ2) is 3.96. The maximum atomic E-state index is 11.8. The van der Waals surface area contributed by atoms with Crippen LogP contribution in [-0.2, 0) is 16.6 Å². The van der Waals surface area contributed by atoms with Crippen LogP contribution in [0.5, 0.6) is 0 Å². The minimum Gasteiger partial charge on any atom is -0.363 e. The minimum absolute atomic E-state index is 0.220. The van der Waals surface area contributed by atoms with Crippen molar-refractivity contribution in [3.63, 3.8) is 0 Å². The molecule has 0 saturated carbocycles. The fourth-order valence-electron chi connectivity index (χ4n) is 1.15. The molecule has 1 heterocycles. The highest BCUT2D eigenvalue weighted by molar-refractivity contribution is 7.89. The first kappa shape index (κ1) is 12.2. The van der Waals surface area contributed by atoms with Gasteiger partial charge in [-0.25, -0.2) is 13.1 Å². The topological polar surface area (TPSA) is 88.0 Å². The lowest BCUT2D eigenvalue weighted by Gasteiger charge is -2.19. The van der Waals surface area contributed by atoms with E-state index >= 15 is 0 Å². The Morgan fingerprint density at radius 1 is 1.47 bits per heavy atom. The maximum Gasteiger partial charge on any atom is 0.242 e. The highest BCUT2D eigenvalue weighted by Crippen LogP contribution is 2.13. The first-order valence-corrected chi connectivity index (χ1v) is 6.14. The van der Waals surface area contributed by atoms with Gasteiger partial charge in [-0.1, -0.05) is 0 Å². The van der Waals surface area contributed by atoms with Crippen molar-refractivity contribution in [2.75, 3.05) is 0 Å². The number of nitrogens with one attached hydrogen (secondary N) is 2. The Kier molecular flexibility index (Phi) is 3.22. The molecule has 0 spiro atoms. The molecule has 0 unspecified atom stereocenters. The van der Waals surface area contributed by atoms with Gasteiger partial charge in [0.25, 0.3) is 0 Å². The largest absolute Gasteiger partial charge is 0.363 e. The van der Waals surface area contributed by atoms with E-state index in [-0.39, 0.29) is 4.90 Å². The van der Waals surface area contributed by atoms with Crippen LogP contribution < -0.4 is 10.5 Å². The maximum absolute atomic E-state index is 11.8. The summed E-state index contributed by atoms with van der Waals surface area (Å²) in [4.78, 5) is 3.02. The van der Waals surface area contributed by atoms with Gasteiger partial charge in [-0.3, -0.25) is 0 Å². The second-order valence-corrected chi connectivity index (χ2v) is 6.10. The Hall–Kier alpha value is -0.850. The molecule has 86 valence electrons. The minimum atomic E-state index is -3.44.